The van der Waals surface area contributed by atoms with Gasteiger partial charge in [0.2, 0.25) is 6.17 Å². The van der Waals surface area contributed by atoms with E-state index in [4.69, 9.17) is 9.66 Å². The number of alkyl carbamates (subject to hydrolysis) is 1. The van der Waals surface area contributed by atoms with Gasteiger partial charge in [0.05, 0.1) is 0 Å². The third-order valence-corrected chi connectivity index (χ3v) is 3.66. The van der Waals surface area contributed by atoms with Crippen LogP contribution >= 0.6 is 0 Å². The number of unbranched alkanes of at least 4 members (excludes halogenated alkanes) is 3. The van der Waals surface area contributed by atoms with E-state index in [1.807, 2.05) is 0 Å². The first kappa shape index (κ1) is 22.2. The predicted molar refractivity (Wildman–Crippen MR) is 75.2 cm³/mol. The zero-order valence-electron chi connectivity index (χ0n) is 12.5. The monoisotopic (exact) mass is 380 g/mol. The smallest absolute Gasteiger partial charge is 0.407 e. The van der Waals surface area contributed by atoms with Crippen molar-refractivity contribution in [1.29, 1.82) is 0 Å². The molecule has 0 heterocycles. The molecule has 0 aromatic heterocycles. The van der Waals surface area contributed by atoms with Crippen LogP contribution in [0.4, 0.5) is 22.8 Å². The number of halogens is 3. The minimum atomic E-state index is -5.95. The second kappa shape index (κ2) is 10.2. The minimum absolute atomic E-state index is 0.108. The number of ether oxygens (including phenoxy) is 1. The molecule has 0 saturated heterocycles. The second-order valence-corrected chi connectivity index (χ2v) is 6.17. The van der Waals surface area contributed by atoms with Crippen molar-refractivity contribution >= 4 is 22.3 Å². The molecule has 24 heavy (non-hydrogen) atoms. The predicted octanol–water partition coefficient (Wildman–Crippen LogP) is 1.36. The fourth-order valence-corrected chi connectivity index (χ4v) is 1.84. The highest BCUT2D eigenvalue weighted by molar-refractivity contribution is 7.86. The molecule has 4 N–H and O–H groups in total. The molecule has 1 atom stereocenters. The molecule has 0 rings (SSSR count). The van der Waals surface area contributed by atoms with Gasteiger partial charge in [-0.1, -0.05) is 12.8 Å². The molecule has 0 fully saturated rings. The molecule has 0 saturated carbocycles. The van der Waals surface area contributed by atoms with Gasteiger partial charge in [0, 0.05) is 13.1 Å². The number of amides is 2. The van der Waals surface area contributed by atoms with Crippen LogP contribution < -0.4 is 10.6 Å². The molecule has 0 aliphatic rings. The summed E-state index contributed by atoms with van der Waals surface area (Å²) in [7, 11) is -5.95. The third-order valence-electron chi connectivity index (χ3n) is 2.72. The van der Waals surface area contributed by atoms with E-state index in [9.17, 15) is 31.2 Å². The Kier molecular flexibility index (Phi) is 9.43. The summed E-state index contributed by atoms with van der Waals surface area (Å²) >= 11 is 0. The van der Waals surface area contributed by atoms with Crippen LogP contribution in [0.5, 0.6) is 0 Å². The summed E-state index contributed by atoms with van der Waals surface area (Å²) in [5, 5.41) is 7.55. The Labute approximate surface area is 136 Å². The van der Waals surface area contributed by atoms with E-state index in [-0.39, 0.29) is 6.54 Å². The Bertz CT molecular complexity index is 516. The van der Waals surface area contributed by atoms with Gasteiger partial charge in [-0.2, -0.15) is 17.2 Å². The quantitative estimate of drug-likeness (QED) is 0.313. The van der Waals surface area contributed by atoms with Crippen molar-refractivity contribution in [2.24, 2.45) is 0 Å². The van der Waals surface area contributed by atoms with Gasteiger partial charge in [0.1, 0.15) is 6.61 Å². The van der Waals surface area contributed by atoms with E-state index in [0.717, 1.165) is 0 Å². The van der Waals surface area contributed by atoms with Crippen LogP contribution in [0.25, 0.3) is 0 Å². The van der Waals surface area contributed by atoms with Gasteiger partial charge in [-0.15, -0.1) is 0 Å². The van der Waals surface area contributed by atoms with Crippen molar-refractivity contribution in [1.82, 2.24) is 10.6 Å². The Morgan fingerprint density at radius 1 is 1.08 bits per heavy atom. The summed E-state index contributed by atoms with van der Waals surface area (Å²) in [4.78, 5) is 21.2. The number of hydrogen-bond acceptors (Lipinski definition) is 5. The van der Waals surface area contributed by atoms with Gasteiger partial charge < -0.3 is 20.5 Å². The van der Waals surface area contributed by atoms with E-state index >= 15 is 0 Å². The van der Waals surface area contributed by atoms with E-state index in [1.54, 1.807) is 0 Å². The summed E-state index contributed by atoms with van der Waals surface area (Å²) in [6, 6.07) is 0. The van der Waals surface area contributed by atoms with Gasteiger partial charge in [-0.25, -0.2) is 14.0 Å². The molecule has 0 aromatic carbocycles. The van der Waals surface area contributed by atoms with Crippen LogP contribution in [-0.4, -0.2) is 61.4 Å². The molecule has 0 aromatic rings. The maximum absolute atomic E-state index is 13.0. The minimum Gasteiger partial charge on any atom is -0.465 e. The molecule has 13 heteroatoms. The lowest BCUT2D eigenvalue weighted by molar-refractivity contribution is -0.0302. The van der Waals surface area contributed by atoms with E-state index in [0.29, 0.717) is 32.2 Å². The van der Waals surface area contributed by atoms with Crippen molar-refractivity contribution in [3.63, 3.8) is 0 Å². The fraction of sp³-hybridized carbons (Fsp3) is 0.818. The highest BCUT2D eigenvalue weighted by Crippen LogP contribution is 2.27. The summed E-state index contributed by atoms with van der Waals surface area (Å²) in [6.07, 6.45) is -3.31. The topological polar surface area (TPSA) is 142 Å². The lowest BCUT2D eigenvalue weighted by atomic mass is 10.2. The van der Waals surface area contributed by atoms with E-state index in [1.165, 1.54) is 0 Å². The Balaban J connectivity index is 3.79. The number of carboxylic acid groups (broad SMARTS) is 1. The summed E-state index contributed by atoms with van der Waals surface area (Å²) in [6.45, 7) is -1.14. The van der Waals surface area contributed by atoms with Crippen LogP contribution in [0.15, 0.2) is 0 Å². The Morgan fingerprint density at radius 2 is 1.58 bits per heavy atom. The highest BCUT2D eigenvalue weighted by atomic mass is 32.2. The van der Waals surface area contributed by atoms with Gasteiger partial charge in [0.25, 0.3) is 0 Å². The average molecular weight is 380 g/mol. The van der Waals surface area contributed by atoms with Gasteiger partial charge in [0.15, 0.2) is 0 Å². The van der Waals surface area contributed by atoms with E-state index < -0.39 is 40.3 Å². The first-order valence-electron chi connectivity index (χ1n) is 6.84. The van der Waals surface area contributed by atoms with Crippen LogP contribution in [0.2, 0.25) is 0 Å². The number of hydrogen-bond donors (Lipinski definition) is 4. The molecule has 0 radical (unpaired) electrons. The zero-order valence-corrected chi connectivity index (χ0v) is 13.3. The van der Waals surface area contributed by atoms with Crippen LogP contribution in [0.1, 0.15) is 25.7 Å². The zero-order chi connectivity index (χ0) is 18.8. The average Bonchev–Trinajstić information content (AvgIpc) is 2.45. The van der Waals surface area contributed by atoms with Gasteiger partial charge >= 0.3 is 27.6 Å². The van der Waals surface area contributed by atoms with Gasteiger partial charge in [-0.05, 0) is 12.8 Å². The van der Waals surface area contributed by atoms with Crippen LogP contribution in [0, 0.1) is 0 Å². The maximum Gasteiger partial charge on any atom is 0.407 e. The molecule has 0 spiro atoms. The lowest BCUT2D eigenvalue weighted by Gasteiger charge is -2.17. The van der Waals surface area contributed by atoms with E-state index in [2.05, 4.69) is 15.4 Å². The third kappa shape index (κ3) is 8.76. The van der Waals surface area contributed by atoms with Gasteiger partial charge in [-0.3, -0.25) is 4.55 Å². The molecule has 0 bridgehead atoms. The number of alkyl halides is 3. The molecule has 9 nitrogen and oxygen atoms in total. The number of carbonyl (C=O) groups excluding carboxylic acids is 1. The maximum atomic E-state index is 13.0. The fourth-order valence-electron chi connectivity index (χ4n) is 1.45. The standard InChI is InChI=1S/C11H19F3N2O7S/c12-8(11(13,14)24(20,21)22)7-23-10(19)16-6-4-2-1-3-5-15-9(17)18/h8,15H,1-7H2,(H,16,19)(H,17,18)(H,20,21,22). The largest absolute Gasteiger partial charge is 0.465 e. The Morgan fingerprint density at radius 3 is 2.04 bits per heavy atom. The lowest BCUT2D eigenvalue weighted by Crippen LogP contribution is -2.42. The number of rotatable bonds is 11. The Hall–Kier alpha value is -1.76. The van der Waals surface area contributed by atoms with Crippen molar-refractivity contribution < 1.29 is 45.6 Å². The summed E-state index contributed by atoms with van der Waals surface area (Å²) in [5.74, 6) is 0. The summed E-state index contributed by atoms with van der Waals surface area (Å²) < 4.78 is 71.4. The number of nitrogens with one attached hydrogen (secondary N) is 2. The molecule has 0 aliphatic carbocycles. The molecule has 1 unspecified atom stereocenters. The summed E-state index contributed by atoms with van der Waals surface area (Å²) in [5.41, 5.74) is 0. The van der Waals surface area contributed by atoms with Crippen molar-refractivity contribution in [2.75, 3.05) is 19.7 Å². The first-order valence-corrected chi connectivity index (χ1v) is 8.28. The molecular formula is C11H19F3N2O7S. The van der Waals surface area contributed by atoms with Crippen molar-refractivity contribution in [3.05, 3.63) is 0 Å². The number of carbonyl (C=O) groups is 2. The molecule has 2 amide bonds. The SMILES string of the molecule is O=C(O)NCCCCCCNC(=O)OCC(F)C(F)(F)S(=O)(=O)O. The second-order valence-electron chi connectivity index (χ2n) is 4.68. The van der Waals surface area contributed by atoms with Crippen LogP contribution in [0.3, 0.4) is 0 Å². The highest BCUT2D eigenvalue weighted by Gasteiger charge is 2.53. The molecule has 142 valence electrons. The molecular weight excluding hydrogens is 361 g/mol. The molecule has 0 aliphatic heterocycles. The van der Waals surface area contributed by atoms with Crippen LogP contribution in [-0.2, 0) is 14.9 Å². The van der Waals surface area contributed by atoms with Crippen molar-refractivity contribution in [3.8, 4) is 0 Å². The van der Waals surface area contributed by atoms with Crippen molar-refractivity contribution in [2.45, 2.75) is 37.1 Å². The first-order chi connectivity index (χ1) is 11.0. The normalized spacial score (nSPS) is 13.2.